The van der Waals surface area contributed by atoms with Gasteiger partial charge in [-0.2, -0.15) is 0 Å². The maximum Gasteiger partial charge on any atom is 0.309 e. The fraction of sp³-hybridized carbons (Fsp3) is 0.333. The lowest BCUT2D eigenvalue weighted by Crippen LogP contribution is -2.41. The zero-order chi connectivity index (χ0) is 18.9. The molecule has 0 saturated carbocycles. The van der Waals surface area contributed by atoms with E-state index in [0.717, 1.165) is 24.1 Å². The Bertz CT molecular complexity index is 712. The van der Waals surface area contributed by atoms with Gasteiger partial charge in [-0.05, 0) is 43.0 Å². The van der Waals surface area contributed by atoms with Crippen LogP contribution in [0.3, 0.4) is 0 Å². The summed E-state index contributed by atoms with van der Waals surface area (Å²) in [6, 6.07) is 17.7. The van der Waals surface area contributed by atoms with Crippen molar-refractivity contribution >= 4 is 17.5 Å². The predicted molar refractivity (Wildman–Crippen MR) is 105 cm³/mol. The van der Waals surface area contributed by atoms with Crippen molar-refractivity contribution < 1.29 is 9.59 Å². The third-order valence-electron chi connectivity index (χ3n) is 4.23. The standard InChI is InChI=1S/C21H27N3O2/c1-16(18-9-5-4-6-10-18)23-21(26)20(25)22-15-7-8-17-11-13-19(14-12-17)24(2)3/h4-6,9-14,16H,7-8,15H2,1-3H3,(H,22,25)(H,23,26)/t16-/m0/s1. The molecule has 1 atom stereocenters. The number of nitrogens with one attached hydrogen (secondary N) is 2. The highest BCUT2D eigenvalue weighted by atomic mass is 16.2. The van der Waals surface area contributed by atoms with E-state index in [4.69, 9.17) is 0 Å². The van der Waals surface area contributed by atoms with Gasteiger partial charge in [0.25, 0.3) is 0 Å². The van der Waals surface area contributed by atoms with Crippen molar-refractivity contribution in [1.82, 2.24) is 10.6 Å². The number of anilines is 1. The number of benzene rings is 2. The summed E-state index contributed by atoms with van der Waals surface area (Å²) >= 11 is 0. The van der Waals surface area contributed by atoms with Gasteiger partial charge in [0.1, 0.15) is 0 Å². The van der Waals surface area contributed by atoms with E-state index in [1.54, 1.807) is 0 Å². The smallest absolute Gasteiger partial charge is 0.309 e. The molecule has 5 nitrogen and oxygen atoms in total. The van der Waals surface area contributed by atoms with E-state index >= 15 is 0 Å². The molecule has 2 aromatic rings. The normalized spacial score (nSPS) is 11.5. The summed E-state index contributed by atoms with van der Waals surface area (Å²) in [5.41, 5.74) is 3.34. The highest BCUT2D eigenvalue weighted by molar-refractivity contribution is 6.35. The molecule has 0 aliphatic carbocycles. The number of amides is 2. The maximum absolute atomic E-state index is 12.0. The maximum atomic E-state index is 12.0. The third-order valence-corrected chi connectivity index (χ3v) is 4.23. The minimum atomic E-state index is -0.600. The van der Waals surface area contributed by atoms with Crippen LogP contribution in [0.4, 0.5) is 5.69 Å². The molecule has 0 fully saturated rings. The molecule has 2 rings (SSSR count). The molecule has 5 heteroatoms. The fourth-order valence-corrected chi connectivity index (χ4v) is 2.62. The second kappa shape index (κ2) is 9.61. The number of hydrogen-bond acceptors (Lipinski definition) is 3. The molecular weight excluding hydrogens is 326 g/mol. The van der Waals surface area contributed by atoms with E-state index in [-0.39, 0.29) is 6.04 Å². The molecule has 0 aliphatic heterocycles. The average molecular weight is 353 g/mol. The van der Waals surface area contributed by atoms with E-state index in [0.29, 0.717) is 6.54 Å². The molecule has 0 saturated heterocycles. The molecule has 0 radical (unpaired) electrons. The molecule has 2 aromatic carbocycles. The first kappa shape index (κ1) is 19.5. The summed E-state index contributed by atoms with van der Waals surface area (Å²) < 4.78 is 0. The van der Waals surface area contributed by atoms with Crippen LogP contribution in [0.25, 0.3) is 0 Å². The Kier molecular flexibility index (Phi) is 7.21. The number of carbonyl (C=O) groups excluding carboxylic acids is 2. The largest absolute Gasteiger partial charge is 0.378 e. The minimum Gasteiger partial charge on any atom is -0.378 e. The van der Waals surface area contributed by atoms with E-state index < -0.39 is 11.8 Å². The summed E-state index contributed by atoms with van der Waals surface area (Å²) in [5, 5.41) is 5.40. The van der Waals surface area contributed by atoms with Gasteiger partial charge >= 0.3 is 11.8 Å². The quantitative estimate of drug-likeness (QED) is 0.594. The molecule has 0 aromatic heterocycles. The molecule has 2 N–H and O–H groups in total. The summed E-state index contributed by atoms with van der Waals surface area (Å²) in [6.45, 7) is 2.33. The zero-order valence-corrected chi connectivity index (χ0v) is 15.7. The Hall–Kier alpha value is -2.82. The number of nitrogens with zero attached hydrogens (tertiary/aromatic N) is 1. The van der Waals surface area contributed by atoms with Gasteiger partial charge in [0.15, 0.2) is 0 Å². The van der Waals surface area contributed by atoms with Crippen molar-refractivity contribution in [3.8, 4) is 0 Å². The van der Waals surface area contributed by atoms with Crippen LogP contribution in [-0.4, -0.2) is 32.5 Å². The highest BCUT2D eigenvalue weighted by Crippen LogP contribution is 2.13. The molecule has 0 spiro atoms. The van der Waals surface area contributed by atoms with E-state index in [2.05, 4.69) is 39.8 Å². The average Bonchev–Trinajstić information content (AvgIpc) is 2.66. The van der Waals surface area contributed by atoms with E-state index in [1.807, 2.05) is 51.4 Å². The van der Waals surface area contributed by atoms with Crippen LogP contribution in [0.2, 0.25) is 0 Å². The molecule has 0 bridgehead atoms. The van der Waals surface area contributed by atoms with Crippen LogP contribution >= 0.6 is 0 Å². The number of aryl methyl sites for hydroxylation is 1. The van der Waals surface area contributed by atoms with Gasteiger partial charge in [0, 0.05) is 26.3 Å². The Morgan fingerprint density at radius 3 is 2.23 bits per heavy atom. The Balaban J connectivity index is 1.70. The Labute approximate surface area is 155 Å². The second-order valence-electron chi connectivity index (χ2n) is 6.53. The zero-order valence-electron chi connectivity index (χ0n) is 15.7. The SMILES string of the molecule is C[C@H](NC(=O)C(=O)NCCCc1ccc(N(C)C)cc1)c1ccccc1. The molecular formula is C21H27N3O2. The number of hydrogen-bond donors (Lipinski definition) is 2. The summed E-state index contributed by atoms with van der Waals surface area (Å²) in [6.07, 6.45) is 1.64. The molecule has 138 valence electrons. The Morgan fingerprint density at radius 1 is 0.962 bits per heavy atom. The molecule has 26 heavy (non-hydrogen) atoms. The first-order chi connectivity index (χ1) is 12.5. The van der Waals surface area contributed by atoms with Crippen LogP contribution in [0, 0.1) is 0 Å². The molecule has 0 aliphatic rings. The van der Waals surface area contributed by atoms with Gasteiger partial charge < -0.3 is 15.5 Å². The number of carbonyl (C=O) groups is 2. The summed E-state index contributed by atoms with van der Waals surface area (Å²) in [5.74, 6) is -1.19. The van der Waals surface area contributed by atoms with Crippen molar-refractivity contribution in [2.75, 3.05) is 25.5 Å². The van der Waals surface area contributed by atoms with Crippen molar-refractivity contribution in [3.63, 3.8) is 0 Å². The van der Waals surface area contributed by atoms with Crippen molar-refractivity contribution in [2.24, 2.45) is 0 Å². The lowest BCUT2D eigenvalue weighted by Gasteiger charge is -2.14. The third kappa shape index (κ3) is 5.92. The van der Waals surface area contributed by atoms with Crippen molar-refractivity contribution in [1.29, 1.82) is 0 Å². The van der Waals surface area contributed by atoms with Gasteiger partial charge in [-0.25, -0.2) is 0 Å². The van der Waals surface area contributed by atoms with E-state index in [9.17, 15) is 9.59 Å². The second-order valence-corrected chi connectivity index (χ2v) is 6.53. The van der Waals surface area contributed by atoms with Crippen LogP contribution in [-0.2, 0) is 16.0 Å². The molecule has 0 heterocycles. The van der Waals surface area contributed by atoms with Crippen molar-refractivity contribution in [3.05, 3.63) is 65.7 Å². The van der Waals surface area contributed by atoms with Crippen LogP contribution in [0.1, 0.15) is 30.5 Å². The van der Waals surface area contributed by atoms with Crippen LogP contribution in [0.5, 0.6) is 0 Å². The van der Waals surface area contributed by atoms with Gasteiger partial charge in [-0.1, -0.05) is 42.5 Å². The van der Waals surface area contributed by atoms with E-state index in [1.165, 1.54) is 5.56 Å². The predicted octanol–water partition coefficient (Wildman–Crippen LogP) is 2.68. The van der Waals surface area contributed by atoms with Gasteiger partial charge in [0.05, 0.1) is 6.04 Å². The Morgan fingerprint density at radius 2 is 1.62 bits per heavy atom. The first-order valence-corrected chi connectivity index (χ1v) is 8.87. The monoisotopic (exact) mass is 353 g/mol. The topological polar surface area (TPSA) is 61.4 Å². The molecule has 0 unspecified atom stereocenters. The van der Waals surface area contributed by atoms with Crippen molar-refractivity contribution in [2.45, 2.75) is 25.8 Å². The number of rotatable bonds is 7. The lowest BCUT2D eigenvalue weighted by atomic mass is 10.1. The fourth-order valence-electron chi connectivity index (χ4n) is 2.62. The highest BCUT2D eigenvalue weighted by Gasteiger charge is 2.16. The lowest BCUT2D eigenvalue weighted by molar-refractivity contribution is -0.139. The summed E-state index contributed by atoms with van der Waals surface area (Å²) in [4.78, 5) is 25.9. The van der Waals surface area contributed by atoms with Crippen LogP contribution in [0.15, 0.2) is 54.6 Å². The first-order valence-electron chi connectivity index (χ1n) is 8.87. The van der Waals surface area contributed by atoms with Gasteiger partial charge in [-0.3, -0.25) is 9.59 Å². The minimum absolute atomic E-state index is 0.204. The van der Waals surface area contributed by atoms with Gasteiger partial charge in [-0.15, -0.1) is 0 Å². The van der Waals surface area contributed by atoms with Crippen LogP contribution < -0.4 is 15.5 Å². The molecule has 2 amide bonds. The van der Waals surface area contributed by atoms with Gasteiger partial charge in [0.2, 0.25) is 0 Å². The summed E-state index contributed by atoms with van der Waals surface area (Å²) in [7, 11) is 4.02.